The molecule has 1 aliphatic heterocycles. The van der Waals surface area contributed by atoms with Gasteiger partial charge >= 0.3 is 0 Å². The van der Waals surface area contributed by atoms with E-state index in [-0.39, 0.29) is 27.9 Å². The van der Waals surface area contributed by atoms with Gasteiger partial charge in [0.1, 0.15) is 0 Å². The van der Waals surface area contributed by atoms with E-state index in [1.165, 1.54) is 0 Å². The molecule has 1 aromatic carbocycles. The van der Waals surface area contributed by atoms with Crippen LogP contribution in [-0.2, 0) is 0 Å². The number of ketones is 1. The highest BCUT2D eigenvalue weighted by atomic mass is 35.5. The van der Waals surface area contributed by atoms with Gasteiger partial charge in [0.15, 0.2) is 5.78 Å². The van der Waals surface area contributed by atoms with E-state index in [2.05, 4.69) is 36.5 Å². The van der Waals surface area contributed by atoms with Gasteiger partial charge in [-0.1, -0.05) is 66.0 Å². The maximum Gasteiger partial charge on any atom is 0.179 e. The van der Waals surface area contributed by atoms with Gasteiger partial charge in [0, 0.05) is 26.2 Å². The van der Waals surface area contributed by atoms with E-state index < -0.39 is 8.07 Å². The molecule has 0 amide bonds. The van der Waals surface area contributed by atoms with Gasteiger partial charge in [0.2, 0.25) is 0 Å². The van der Waals surface area contributed by atoms with E-state index in [0.29, 0.717) is 10.0 Å². The first-order chi connectivity index (χ1) is 11.0. The first-order valence-electron chi connectivity index (χ1n) is 7.84. The third-order valence-corrected chi connectivity index (χ3v) is 8.28. The molecule has 24 heavy (non-hydrogen) atoms. The Balaban J connectivity index is 2.35. The molecule has 1 saturated heterocycles. The number of piperazine rings is 1. The van der Waals surface area contributed by atoms with Crippen LogP contribution in [0.3, 0.4) is 0 Å². The molecule has 1 fully saturated rings. The molecule has 1 heterocycles. The minimum absolute atomic E-state index is 0.138. The van der Waals surface area contributed by atoms with Crippen LogP contribution in [0.25, 0.3) is 0 Å². The van der Waals surface area contributed by atoms with Gasteiger partial charge in [0.25, 0.3) is 0 Å². The van der Waals surface area contributed by atoms with Gasteiger partial charge in [-0.2, -0.15) is 0 Å². The van der Waals surface area contributed by atoms with Gasteiger partial charge in [-0.05, 0) is 12.2 Å². The second-order valence-electron chi connectivity index (χ2n) is 7.26. The monoisotopic (exact) mass is 426 g/mol. The van der Waals surface area contributed by atoms with Crippen LogP contribution in [0.5, 0.6) is 0 Å². The Labute approximate surface area is 164 Å². The molecule has 0 radical (unpaired) electrons. The summed E-state index contributed by atoms with van der Waals surface area (Å²) in [7, 11) is 0.218. The zero-order chi connectivity index (χ0) is 18.2. The predicted octanol–water partition coefficient (Wildman–Crippen LogP) is 4.28. The van der Waals surface area contributed by atoms with E-state index >= 15 is 0 Å². The quantitative estimate of drug-likeness (QED) is 0.407. The van der Waals surface area contributed by atoms with Crippen LogP contribution < -0.4 is 5.19 Å². The largest absolute Gasteiger partial charge is 0.304 e. The number of likely N-dealkylation sites (N-methyl/N-ethyl adjacent to an activating group) is 1. The van der Waals surface area contributed by atoms with Crippen LogP contribution in [0.4, 0.5) is 0 Å². The molecule has 0 aromatic heterocycles. The van der Waals surface area contributed by atoms with Crippen molar-refractivity contribution in [3.63, 3.8) is 0 Å². The lowest BCUT2D eigenvalue weighted by Gasteiger charge is -2.32. The minimum Gasteiger partial charge on any atom is -0.304 e. The average molecular weight is 428 g/mol. The number of carbonyl (C=O) groups excluding carboxylic acids is 1. The van der Waals surface area contributed by atoms with E-state index in [1.54, 1.807) is 0 Å². The molecule has 0 unspecified atom stereocenters. The van der Waals surface area contributed by atoms with E-state index in [9.17, 15) is 4.79 Å². The molecular formula is C16H22Cl4N2OSi. The Bertz CT molecular complexity index is 623. The molecular weight excluding hydrogens is 406 g/mol. The SMILES string of the molecule is CN1CCN(CC(=O)c2c(Cl)c(Cl)c([Si](C)(C)C)c(Cl)c2Cl)CC1. The summed E-state index contributed by atoms with van der Waals surface area (Å²) < 4.78 is 0. The average Bonchev–Trinajstić information content (AvgIpc) is 2.46. The molecule has 3 nitrogen and oxygen atoms in total. The van der Waals surface area contributed by atoms with Gasteiger partial charge in [0.05, 0.1) is 40.3 Å². The number of halogens is 4. The Morgan fingerprint density at radius 2 is 1.38 bits per heavy atom. The molecule has 0 saturated carbocycles. The fourth-order valence-corrected chi connectivity index (χ4v) is 7.31. The van der Waals surface area contributed by atoms with Crippen molar-refractivity contribution < 1.29 is 4.79 Å². The summed E-state index contributed by atoms with van der Waals surface area (Å²) in [6.07, 6.45) is 0. The Morgan fingerprint density at radius 3 is 1.79 bits per heavy atom. The molecule has 0 aliphatic carbocycles. The topological polar surface area (TPSA) is 23.6 Å². The van der Waals surface area contributed by atoms with Crippen molar-refractivity contribution in [2.24, 2.45) is 0 Å². The summed E-state index contributed by atoms with van der Waals surface area (Å²) in [6, 6.07) is 0. The van der Waals surface area contributed by atoms with Gasteiger partial charge in [-0.15, -0.1) is 0 Å². The number of carbonyl (C=O) groups is 1. The lowest BCUT2D eigenvalue weighted by Crippen LogP contribution is -2.46. The van der Waals surface area contributed by atoms with Crippen molar-refractivity contribution >= 4 is 65.4 Å². The van der Waals surface area contributed by atoms with Crippen LogP contribution in [0.15, 0.2) is 0 Å². The van der Waals surface area contributed by atoms with Crippen LogP contribution in [0.2, 0.25) is 39.7 Å². The van der Waals surface area contributed by atoms with Crippen molar-refractivity contribution in [1.29, 1.82) is 0 Å². The third kappa shape index (κ3) is 4.29. The highest BCUT2D eigenvalue weighted by molar-refractivity contribution is 6.92. The molecule has 0 spiro atoms. The third-order valence-electron chi connectivity index (χ3n) is 4.26. The first-order valence-corrected chi connectivity index (χ1v) is 12.9. The van der Waals surface area contributed by atoms with Crippen molar-refractivity contribution in [2.75, 3.05) is 39.8 Å². The van der Waals surface area contributed by atoms with Crippen LogP contribution in [-0.4, -0.2) is 63.4 Å². The standard InChI is InChI=1S/C16H22Cl4N2OSi/c1-21-5-7-22(8-6-21)9-10(23)11-12(17)14(19)16(24(2,3)4)15(20)13(11)18/h5-9H2,1-4H3. The predicted molar refractivity (Wildman–Crippen MR) is 108 cm³/mol. The zero-order valence-electron chi connectivity index (χ0n) is 14.4. The highest BCUT2D eigenvalue weighted by Gasteiger charge is 2.31. The maximum atomic E-state index is 12.8. The summed E-state index contributed by atoms with van der Waals surface area (Å²) in [5.41, 5.74) is 0.245. The molecule has 0 atom stereocenters. The number of hydrogen-bond acceptors (Lipinski definition) is 3. The highest BCUT2D eigenvalue weighted by Crippen LogP contribution is 2.37. The van der Waals surface area contributed by atoms with E-state index in [0.717, 1.165) is 31.4 Å². The smallest absolute Gasteiger partial charge is 0.179 e. The van der Waals surface area contributed by atoms with Crippen LogP contribution in [0.1, 0.15) is 10.4 Å². The number of benzene rings is 1. The van der Waals surface area contributed by atoms with Crippen LogP contribution >= 0.6 is 46.4 Å². The lowest BCUT2D eigenvalue weighted by molar-refractivity contribution is 0.0876. The Kier molecular flexibility index (Phi) is 6.69. The Morgan fingerprint density at radius 1 is 0.917 bits per heavy atom. The van der Waals surface area contributed by atoms with Crippen molar-refractivity contribution in [1.82, 2.24) is 9.80 Å². The number of rotatable bonds is 4. The summed E-state index contributed by atoms with van der Waals surface area (Å²) in [5, 5.41) is 1.99. The lowest BCUT2D eigenvalue weighted by atomic mass is 10.1. The van der Waals surface area contributed by atoms with Gasteiger partial charge in [-0.25, -0.2) is 0 Å². The summed E-state index contributed by atoms with van der Waals surface area (Å²) in [6.45, 7) is 10.1. The van der Waals surface area contributed by atoms with Crippen molar-refractivity contribution in [2.45, 2.75) is 19.6 Å². The molecule has 0 bridgehead atoms. The second-order valence-corrected chi connectivity index (χ2v) is 13.8. The summed E-state index contributed by atoms with van der Waals surface area (Å²) in [5.74, 6) is -0.138. The fraction of sp³-hybridized carbons (Fsp3) is 0.562. The number of nitrogens with zero attached hydrogens (tertiary/aromatic N) is 2. The maximum absolute atomic E-state index is 12.8. The van der Waals surface area contributed by atoms with E-state index in [4.69, 9.17) is 46.4 Å². The van der Waals surface area contributed by atoms with Crippen molar-refractivity contribution in [3.8, 4) is 0 Å². The summed E-state index contributed by atoms with van der Waals surface area (Å²) in [4.78, 5) is 17.1. The molecule has 0 N–H and O–H groups in total. The Hall–Kier alpha value is 0.187. The van der Waals surface area contributed by atoms with Gasteiger partial charge < -0.3 is 4.90 Å². The normalized spacial score (nSPS) is 17.3. The molecule has 2 rings (SSSR count). The molecule has 1 aliphatic rings. The zero-order valence-corrected chi connectivity index (χ0v) is 18.4. The first kappa shape index (κ1) is 20.5. The molecule has 1 aromatic rings. The molecule has 8 heteroatoms. The number of Topliss-reactive ketones (excluding diaryl/α,β-unsaturated/α-hetero) is 1. The van der Waals surface area contributed by atoms with E-state index in [1.807, 2.05) is 0 Å². The fourth-order valence-electron chi connectivity index (χ4n) is 2.82. The van der Waals surface area contributed by atoms with Crippen molar-refractivity contribution in [3.05, 3.63) is 25.7 Å². The molecule has 134 valence electrons. The van der Waals surface area contributed by atoms with Gasteiger partial charge in [-0.3, -0.25) is 9.69 Å². The second kappa shape index (κ2) is 7.83. The van der Waals surface area contributed by atoms with Crippen LogP contribution in [0, 0.1) is 0 Å². The summed E-state index contributed by atoms with van der Waals surface area (Å²) >= 11 is 25.7. The minimum atomic E-state index is -1.85. The number of hydrogen-bond donors (Lipinski definition) is 0.